The van der Waals surface area contributed by atoms with Gasteiger partial charge in [0.05, 0.1) is 0 Å². The maximum Gasteiger partial charge on any atom is 0.0189 e. The summed E-state index contributed by atoms with van der Waals surface area (Å²) < 4.78 is 0. The Labute approximate surface area is 76.3 Å². The highest BCUT2D eigenvalue weighted by Crippen LogP contribution is 2.09. The summed E-state index contributed by atoms with van der Waals surface area (Å²) in [5.41, 5.74) is 0. The predicted octanol–water partition coefficient (Wildman–Crippen LogP) is 1.47. The van der Waals surface area contributed by atoms with Gasteiger partial charge in [-0.05, 0) is 39.4 Å². The molecule has 1 aliphatic heterocycles. The zero-order valence-corrected chi connectivity index (χ0v) is 8.47. The Kier molecular flexibility index (Phi) is 4.62. The predicted molar refractivity (Wildman–Crippen MR) is 53.4 cm³/mol. The number of hydrogen-bond donors (Lipinski definition) is 1. The van der Waals surface area contributed by atoms with Crippen LogP contribution < -0.4 is 5.32 Å². The summed E-state index contributed by atoms with van der Waals surface area (Å²) in [6, 6.07) is 0.697. The molecule has 1 N–H and O–H groups in total. The number of nitrogens with zero attached hydrogens (tertiary/aromatic N) is 1. The molecule has 1 heterocycles. The van der Waals surface area contributed by atoms with Crippen LogP contribution in [0, 0.1) is 0 Å². The van der Waals surface area contributed by atoms with Crippen LogP contribution >= 0.6 is 0 Å². The van der Waals surface area contributed by atoms with E-state index < -0.39 is 0 Å². The minimum atomic E-state index is 0.697. The molecule has 1 rings (SSSR count). The van der Waals surface area contributed by atoms with Crippen LogP contribution in [-0.2, 0) is 0 Å². The van der Waals surface area contributed by atoms with E-state index >= 15 is 0 Å². The van der Waals surface area contributed by atoms with Gasteiger partial charge in [0, 0.05) is 12.6 Å². The number of nitrogens with one attached hydrogen (secondary N) is 1. The van der Waals surface area contributed by atoms with Crippen LogP contribution in [0.3, 0.4) is 0 Å². The van der Waals surface area contributed by atoms with E-state index in [9.17, 15) is 0 Å². The topological polar surface area (TPSA) is 15.3 Å². The van der Waals surface area contributed by atoms with Crippen LogP contribution in [0.5, 0.6) is 0 Å². The van der Waals surface area contributed by atoms with Gasteiger partial charge in [-0.3, -0.25) is 0 Å². The molecule has 0 amide bonds. The van der Waals surface area contributed by atoms with Crippen molar-refractivity contribution in [2.45, 2.75) is 38.6 Å². The first-order valence-corrected chi connectivity index (χ1v) is 5.26. The van der Waals surface area contributed by atoms with E-state index in [1.807, 2.05) is 0 Å². The van der Waals surface area contributed by atoms with Crippen molar-refractivity contribution in [3.63, 3.8) is 0 Å². The maximum absolute atomic E-state index is 3.36. The van der Waals surface area contributed by atoms with Crippen molar-refractivity contribution >= 4 is 0 Å². The van der Waals surface area contributed by atoms with Crippen molar-refractivity contribution in [3.8, 4) is 0 Å². The van der Waals surface area contributed by atoms with E-state index in [4.69, 9.17) is 0 Å². The molecule has 1 fully saturated rings. The quantitative estimate of drug-likeness (QED) is 0.687. The summed E-state index contributed by atoms with van der Waals surface area (Å²) in [6.45, 7) is 6.13. The Balaban J connectivity index is 2.18. The highest BCUT2D eigenvalue weighted by Gasteiger charge is 2.13. The van der Waals surface area contributed by atoms with Gasteiger partial charge in [0.25, 0.3) is 0 Å². The van der Waals surface area contributed by atoms with E-state index in [2.05, 4.69) is 24.2 Å². The molecule has 0 aliphatic carbocycles. The van der Waals surface area contributed by atoms with Crippen LogP contribution in [0.4, 0.5) is 0 Å². The Hall–Kier alpha value is -0.0800. The van der Waals surface area contributed by atoms with Gasteiger partial charge < -0.3 is 10.2 Å². The lowest BCUT2D eigenvalue weighted by molar-refractivity contribution is 0.206. The van der Waals surface area contributed by atoms with Crippen molar-refractivity contribution in [2.24, 2.45) is 0 Å². The fourth-order valence-corrected chi connectivity index (χ4v) is 1.88. The molecular weight excluding hydrogens is 148 g/mol. The zero-order chi connectivity index (χ0) is 8.81. The van der Waals surface area contributed by atoms with Crippen LogP contribution in [0.15, 0.2) is 0 Å². The van der Waals surface area contributed by atoms with E-state index in [-0.39, 0.29) is 0 Å². The number of rotatable bonds is 4. The normalized spacial score (nSPS) is 22.5. The van der Waals surface area contributed by atoms with Gasteiger partial charge in [-0.25, -0.2) is 0 Å². The molecule has 2 heteroatoms. The van der Waals surface area contributed by atoms with Crippen molar-refractivity contribution in [3.05, 3.63) is 0 Å². The summed E-state index contributed by atoms with van der Waals surface area (Å²) in [5.74, 6) is 0. The van der Waals surface area contributed by atoms with Crippen LogP contribution in [0.1, 0.15) is 32.6 Å². The van der Waals surface area contributed by atoms with Crippen LogP contribution in [0.25, 0.3) is 0 Å². The zero-order valence-electron chi connectivity index (χ0n) is 8.47. The van der Waals surface area contributed by atoms with E-state index in [1.165, 1.54) is 45.3 Å². The first-order chi connectivity index (χ1) is 5.86. The van der Waals surface area contributed by atoms with Crippen molar-refractivity contribution in [1.82, 2.24) is 10.2 Å². The first kappa shape index (κ1) is 10.0. The second-order valence-electron chi connectivity index (χ2n) is 3.76. The Morgan fingerprint density at radius 2 is 1.92 bits per heavy atom. The minimum Gasteiger partial charge on any atom is -0.316 e. The molecule has 72 valence electrons. The SMILES string of the molecule is CCC(CN1CCCCC1)NC. The molecule has 1 atom stereocenters. The Morgan fingerprint density at radius 3 is 2.42 bits per heavy atom. The summed E-state index contributed by atoms with van der Waals surface area (Å²) in [6.07, 6.45) is 5.49. The minimum absolute atomic E-state index is 0.697. The largest absolute Gasteiger partial charge is 0.316 e. The highest BCUT2D eigenvalue weighted by molar-refractivity contribution is 4.71. The fraction of sp³-hybridized carbons (Fsp3) is 1.00. The fourth-order valence-electron chi connectivity index (χ4n) is 1.88. The lowest BCUT2D eigenvalue weighted by Gasteiger charge is -2.29. The van der Waals surface area contributed by atoms with E-state index in [1.54, 1.807) is 0 Å². The Morgan fingerprint density at radius 1 is 1.25 bits per heavy atom. The van der Waals surface area contributed by atoms with Crippen molar-refractivity contribution in [1.29, 1.82) is 0 Å². The summed E-state index contributed by atoms with van der Waals surface area (Å²) in [7, 11) is 2.07. The number of likely N-dealkylation sites (N-methyl/N-ethyl adjacent to an activating group) is 1. The number of hydrogen-bond acceptors (Lipinski definition) is 2. The molecule has 1 saturated heterocycles. The Bertz CT molecular complexity index is 104. The van der Waals surface area contributed by atoms with Crippen molar-refractivity contribution < 1.29 is 0 Å². The lowest BCUT2D eigenvalue weighted by Crippen LogP contribution is -2.41. The summed E-state index contributed by atoms with van der Waals surface area (Å²) in [5, 5.41) is 3.36. The lowest BCUT2D eigenvalue weighted by atomic mass is 10.1. The number of likely N-dealkylation sites (tertiary alicyclic amines) is 1. The van der Waals surface area contributed by atoms with Crippen molar-refractivity contribution in [2.75, 3.05) is 26.7 Å². The maximum atomic E-state index is 3.36. The van der Waals surface area contributed by atoms with Crippen LogP contribution in [0.2, 0.25) is 0 Å². The summed E-state index contributed by atoms with van der Waals surface area (Å²) >= 11 is 0. The molecular formula is C10H22N2. The van der Waals surface area contributed by atoms with Gasteiger partial charge in [0.1, 0.15) is 0 Å². The molecule has 0 saturated carbocycles. The third kappa shape index (κ3) is 3.11. The monoisotopic (exact) mass is 170 g/mol. The second kappa shape index (κ2) is 5.55. The third-order valence-electron chi connectivity index (χ3n) is 2.83. The van der Waals surface area contributed by atoms with Gasteiger partial charge in [-0.1, -0.05) is 13.3 Å². The average molecular weight is 170 g/mol. The molecule has 0 spiro atoms. The van der Waals surface area contributed by atoms with Gasteiger partial charge in [-0.15, -0.1) is 0 Å². The molecule has 0 aromatic carbocycles. The standard InChI is InChI=1S/C10H22N2/c1-3-10(11-2)9-12-7-5-4-6-8-12/h10-11H,3-9H2,1-2H3. The highest BCUT2D eigenvalue weighted by atomic mass is 15.1. The first-order valence-electron chi connectivity index (χ1n) is 5.26. The molecule has 0 aromatic heterocycles. The second-order valence-corrected chi connectivity index (χ2v) is 3.76. The van der Waals surface area contributed by atoms with E-state index in [0.29, 0.717) is 6.04 Å². The molecule has 2 nitrogen and oxygen atoms in total. The van der Waals surface area contributed by atoms with Gasteiger partial charge >= 0.3 is 0 Å². The summed E-state index contributed by atoms with van der Waals surface area (Å²) in [4.78, 5) is 2.59. The molecule has 1 unspecified atom stereocenters. The molecule has 0 aromatic rings. The van der Waals surface area contributed by atoms with Crippen LogP contribution in [-0.4, -0.2) is 37.6 Å². The third-order valence-corrected chi connectivity index (χ3v) is 2.83. The van der Waals surface area contributed by atoms with E-state index in [0.717, 1.165) is 0 Å². The van der Waals surface area contributed by atoms with Gasteiger partial charge in [0.15, 0.2) is 0 Å². The molecule has 0 bridgehead atoms. The molecule has 1 aliphatic rings. The van der Waals surface area contributed by atoms with Gasteiger partial charge in [0.2, 0.25) is 0 Å². The van der Waals surface area contributed by atoms with Gasteiger partial charge in [-0.2, -0.15) is 0 Å². The number of piperidine rings is 1. The smallest absolute Gasteiger partial charge is 0.0189 e. The molecule has 0 radical (unpaired) electrons. The average Bonchev–Trinajstić information content (AvgIpc) is 2.16. The molecule has 12 heavy (non-hydrogen) atoms.